The predicted octanol–water partition coefficient (Wildman–Crippen LogP) is 1.02. The Balaban J connectivity index is 1.65. The number of nitrogens with one attached hydrogen (secondary N) is 1. The quantitative estimate of drug-likeness (QED) is 0.418. The first-order chi connectivity index (χ1) is 18.6. The van der Waals surface area contributed by atoms with Gasteiger partial charge >= 0.3 is 6.18 Å². The summed E-state index contributed by atoms with van der Waals surface area (Å²) < 4.78 is 41.1. The maximum absolute atomic E-state index is 14.6. The number of nitrogens with zero attached hydrogens (tertiary/aromatic N) is 4. The van der Waals surface area contributed by atoms with Crippen molar-refractivity contribution in [3.63, 3.8) is 0 Å². The third-order valence-corrected chi connectivity index (χ3v) is 9.31. The van der Waals surface area contributed by atoms with Crippen molar-refractivity contribution in [1.29, 1.82) is 0 Å². The summed E-state index contributed by atoms with van der Waals surface area (Å²) in [7, 11) is 0. The van der Waals surface area contributed by atoms with Gasteiger partial charge in [-0.3, -0.25) is 19.2 Å². The molecule has 2 bridgehead atoms. The first kappa shape index (κ1) is 28.1. The molecular formula is C26H34F3N7O4. The van der Waals surface area contributed by atoms with Gasteiger partial charge in [-0.15, -0.1) is 5.10 Å². The molecule has 14 heteroatoms. The van der Waals surface area contributed by atoms with Gasteiger partial charge in [0.25, 0.3) is 0 Å². The van der Waals surface area contributed by atoms with E-state index in [1.165, 1.54) is 4.90 Å². The lowest BCUT2D eigenvalue weighted by Gasteiger charge is -2.47. The molecule has 11 nitrogen and oxygen atoms in total. The zero-order valence-electron chi connectivity index (χ0n) is 22.5. The van der Waals surface area contributed by atoms with E-state index in [2.05, 4.69) is 15.6 Å². The number of carbonyl (C=O) groups excluding carboxylic acids is 4. The van der Waals surface area contributed by atoms with E-state index in [1.54, 1.807) is 20.8 Å². The van der Waals surface area contributed by atoms with Gasteiger partial charge in [-0.2, -0.15) is 13.2 Å². The van der Waals surface area contributed by atoms with Crippen LogP contribution in [0.3, 0.4) is 0 Å². The molecule has 218 valence electrons. The minimum absolute atomic E-state index is 0.0334. The van der Waals surface area contributed by atoms with E-state index in [9.17, 15) is 32.3 Å². The third kappa shape index (κ3) is 4.17. The Morgan fingerprint density at radius 2 is 1.85 bits per heavy atom. The Bertz CT molecular complexity index is 1270. The topological polar surface area (TPSA) is 166 Å². The highest BCUT2D eigenvalue weighted by Gasteiger charge is 2.70. The second kappa shape index (κ2) is 9.30. The van der Waals surface area contributed by atoms with E-state index in [-0.39, 0.29) is 36.6 Å². The summed E-state index contributed by atoms with van der Waals surface area (Å²) >= 11 is 0. The molecule has 2 aliphatic heterocycles. The van der Waals surface area contributed by atoms with E-state index >= 15 is 0 Å². The van der Waals surface area contributed by atoms with Gasteiger partial charge in [0, 0.05) is 24.9 Å². The molecule has 4 amide bonds. The fourth-order valence-corrected chi connectivity index (χ4v) is 7.76. The summed E-state index contributed by atoms with van der Waals surface area (Å²) in [5.41, 5.74) is 7.97. The lowest BCUT2D eigenvalue weighted by Crippen LogP contribution is -2.68. The number of hydrogen-bond donors (Lipinski definition) is 3. The average Bonchev–Trinajstić information content (AvgIpc) is 3.63. The molecule has 5 N–H and O–H groups in total. The monoisotopic (exact) mass is 565 g/mol. The predicted molar refractivity (Wildman–Crippen MR) is 133 cm³/mol. The summed E-state index contributed by atoms with van der Waals surface area (Å²) in [5.74, 6) is -5.53. The lowest BCUT2D eigenvalue weighted by molar-refractivity contribution is -0.158. The van der Waals surface area contributed by atoms with E-state index in [1.807, 2.05) is 12.2 Å². The molecule has 1 aromatic rings. The average molecular weight is 566 g/mol. The molecule has 1 aromatic heterocycles. The van der Waals surface area contributed by atoms with E-state index in [4.69, 9.17) is 11.5 Å². The molecule has 40 heavy (non-hydrogen) atoms. The molecular weight excluding hydrogens is 531 g/mol. The minimum Gasteiger partial charge on any atom is -0.369 e. The zero-order chi connectivity index (χ0) is 29.4. The van der Waals surface area contributed by atoms with Crippen LogP contribution in [0.2, 0.25) is 0 Å². The van der Waals surface area contributed by atoms with Gasteiger partial charge in [0.2, 0.25) is 23.6 Å². The molecule has 8 atom stereocenters. The fraction of sp³-hybridized carbons (Fsp3) is 0.692. The Morgan fingerprint density at radius 1 is 1.18 bits per heavy atom. The first-order valence-corrected chi connectivity index (χ1v) is 13.4. The van der Waals surface area contributed by atoms with Crippen LogP contribution in [0.25, 0.3) is 0 Å². The van der Waals surface area contributed by atoms with Crippen molar-refractivity contribution in [2.75, 3.05) is 13.1 Å². The van der Waals surface area contributed by atoms with Crippen molar-refractivity contribution in [1.82, 2.24) is 25.2 Å². The van der Waals surface area contributed by atoms with Crippen molar-refractivity contribution in [2.24, 2.45) is 52.4 Å². The van der Waals surface area contributed by atoms with E-state index in [0.717, 1.165) is 11.1 Å². The molecule has 0 aromatic carbocycles. The highest BCUT2D eigenvalue weighted by Crippen LogP contribution is 2.61. The van der Waals surface area contributed by atoms with Crippen LogP contribution in [0.5, 0.6) is 0 Å². The van der Waals surface area contributed by atoms with Crippen molar-refractivity contribution in [2.45, 2.75) is 57.8 Å². The van der Waals surface area contributed by atoms with Gasteiger partial charge in [-0.25, -0.2) is 4.68 Å². The van der Waals surface area contributed by atoms with E-state index in [0.29, 0.717) is 19.2 Å². The molecule has 1 saturated carbocycles. The summed E-state index contributed by atoms with van der Waals surface area (Å²) in [4.78, 5) is 55.3. The van der Waals surface area contributed by atoms with Crippen molar-refractivity contribution in [3.8, 4) is 0 Å². The molecule has 6 unspecified atom stereocenters. The van der Waals surface area contributed by atoms with Gasteiger partial charge in [0.05, 0.1) is 12.1 Å². The minimum atomic E-state index is -4.78. The largest absolute Gasteiger partial charge is 0.436 e. The summed E-state index contributed by atoms with van der Waals surface area (Å²) in [5, 5.41) is 9.60. The SMILES string of the molecule is CC(C)(C)C(C(=O)N1CC2C3C=CC(C3)C2C1(C(N)=O)[C@H](C[C@H]1CCNC1=O)C(N)=O)n1cc(C(F)(F)F)nn1. The Morgan fingerprint density at radius 3 is 2.38 bits per heavy atom. The second-order valence-electron chi connectivity index (χ2n) is 12.6. The van der Waals surface area contributed by atoms with Crippen LogP contribution in [0, 0.1) is 40.9 Å². The lowest BCUT2D eigenvalue weighted by atomic mass is 9.64. The number of primary amides is 2. The fourth-order valence-electron chi connectivity index (χ4n) is 7.76. The first-order valence-electron chi connectivity index (χ1n) is 13.4. The second-order valence-corrected chi connectivity index (χ2v) is 12.6. The molecule has 3 heterocycles. The Hall–Kier alpha value is -3.45. The number of carbonyl (C=O) groups is 4. The highest BCUT2D eigenvalue weighted by atomic mass is 19.4. The van der Waals surface area contributed by atoms with Crippen LogP contribution in [0.4, 0.5) is 13.2 Å². The number of alkyl halides is 3. The van der Waals surface area contributed by atoms with Gasteiger partial charge in [0.1, 0.15) is 11.6 Å². The number of rotatable bonds is 7. The number of aromatic nitrogens is 3. The normalized spacial score (nSPS) is 32.7. The van der Waals surface area contributed by atoms with Crippen molar-refractivity contribution in [3.05, 3.63) is 24.0 Å². The molecule has 3 fully saturated rings. The number of amides is 4. The van der Waals surface area contributed by atoms with E-state index < -0.39 is 64.3 Å². The van der Waals surface area contributed by atoms with Gasteiger partial charge in [0.15, 0.2) is 5.69 Å². The van der Waals surface area contributed by atoms with Crippen LogP contribution in [0.1, 0.15) is 51.8 Å². The summed E-state index contributed by atoms with van der Waals surface area (Å²) in [6, 6.07) is -1.32. The van der Waals surface area contributed by atoms with Crippen LogP contribution in [0.15, 0.2) is 18.3 Å². The number of likely N-dealkylation sites (tertiary alicyclic amines) is 1. The number of allylic oxidation sites excluding steroid dienone is 2. The molecule has 0 radical (unpaired) electrons. The van der Waals surface area contributed by atoms with Crippen LogP contribution in [-0.2, 0) is 25.4 Å². The molecule has 2 saturated heterocycles. The number of fused-ring (bicyclic) bond motifs is 5. The van der Waals surface area contributed by atoms with Crippen LogP contribution >= 0.6 is 0 Å². The smallest absolute Gasteiger partial charge is 0.369 e. The standard InChI is InChI=1S/C26H34F3N7O4/c1-24(2,3)19(36-11-17(33-34-36)26(27,28)29)22(39)35-10-15-12-4-5-13(8-12)18(15)25(35,23(31)40)16(20(30)37)9-14-6-7-32-21(14)38/h4-5,11-16,18-19H,6-10H2,1-3H3,(H2,30,37)(H2,31,40)(H,32,38)/t12?,13?,14-,15?,16-,18?,19?,25?/m1/s1. The molecule has 4 aliphatic rings. The molecule has 5 rings (SSSR count). The maximum atomic E-state index is 14.6. The van der Waals surface area contributed by atoms with Crippen molar-refractivity contribution < 1.29 is 32.3 Å². The Kier molecular flexibility index (Phi) is 6.53. The highest BCUT2D eigenvalue weighted by molar-refractivity contribution is 5.98. The van der Waals surface area contributed by atoms with Gasteiger partial charge < -0.3 is 21.7 Å². The van der Waals surface area contributed by atoms with Gasteiger partial charge in [-0.05, 0) is 42.4 Å². The van der Waals surface area contributed by atoms with Crippen molar-refractivity contribution >= 4 is 23.6 Å². The maximum Gasteiger partial charge on any atom is 0.436 e. The number of hydrogen-bond acceptors (Lipinski definition) is 6. The van der Waals surface area contributed by atoms with Crippen LogP contribution in [-0.4, -0.2) is 62.2 Å². The Labute approximate surface area is 228 Å². The zero-order valence-corrected chi connectivity index (χ0v) is 22.5. The number of nitrogens with two attached hydrogens (primary N) is 2. The molecule has 2 aliphatic carbocycles. The molecule has 0 spiro atoms. The number of halogens is 3. The van der Waals surface area contributed by atoms with Crippen LogP contribution < -0.4 is 16.8 Å². The summed E-state index contributed by atoms with van der Waals surface area (Å²) in [6.07, 6.45) is 0.943. The third-order valence-electron chi connectivity index (χ3n) is 9.31. The summed E-state index contributed by atoms with van der Waals surface area (Å²) in [6.45, 7) is 5.44. The van der Waals surface area contributed by atoms with Gasteiger partial charge in [-0.1, -0.05) is 38.1 Å².